The summed E-state index contributed by atoms with van der Waals surface area (Å²) in [5.74, 6) is 6.33. The van der Waals surface area contributed by atoms with E-state index in [-0.39, 0.29) is 6.04 Å². The molecule has 2 nitrogen and oxygen atoms in total. The van der Waals surface area contributed by atoms with Crippen LogP contribution in [-0.2, 0) is 6.42 Å². The molecule has 0 saturated heterocycles. The quantitative estimate of drug-likeness (QED) is 0.482. The van der Waals surface area contributed by atoms with Crippen molar-refractivity contribution in [2.24, 2.45) is 0 Å². The maximum Gasteiger partial charge on any atom is 0.180 e. The van der Waals surface area contributed by atoms with Crippen LogP contribution in [0.15, 0.2) is 60.7 Å². The van der Waals surface area contributed by atoms with Crippen molar-refractivity contribution in [2.45, 2.75) is 12.5 Å². The van der Waals surface area contributed by atoms with Gasteiger partial charge in [0, 0.05) is 19.0 Å². The number of rotatable bonds is 3. The van der Waals surface area contributed by atoms with Gasteiger partial charge in [-0.25, -0.2) is 0 Å². The van der Waals surface area contributed by atoms with E-state index in [4.69, 9.17) is 5.26 Å². The molecule has 0 saturated carbocycles. The minimum absolute atomic E-state index is 0.109. The minimum Gasteiger partial charge on any atom is -0.299 e. The first-order valence-electron chi connectivity index (χ1n) is 6.52. The number of likely N-dealkylation sites (N-methyl/N-ethyl adjacent to an activating group) is 1. The second-order valence-electron chi connectivity index (χ2n) is 4.55. The molecule has 2 aromatic rings. The van der Waals surface area contributed by atoms with E-state index >= 15 is 0 Å². The zero-order valence-electron chi connectivity index (χ0n) is 11.5. The Morgan fingerprint density at radius 1 is 1.00 bits per heavy atom. The normalized spacial score (nSPS) is 10.8. The van der Waals surface area contributed by atoms with Crippen molar-refractivity contribution in [2.75, 3.05) is 7.05 Å². The topological polar surface area (TPSA) is 27.0 Å². The molecule has 0 amide bonds. The Bertz CT molecular complexity index is 630. The molecule has 0 fully saturated rings. The number of benzene rings is 2. The number of hydrogen-bond donors (Lipinski definition) is 0. The standard InChI is InChI=1S/C18H16N2/c1-20(15-19)18(14-17-10-6-3-7-11-17)13-12-16-8-4-2-5-9-16/h2-11,18H,14H2,1H3. The Morgan fingerprint density at radius 3 is 2.20 bits per heavy atom. The van der Waals surface area contributed by atoms with Crippen LogP contribution < -0.4 is 0 Å². The van der Waals surface area contributed by atoms with E-state index in [1.807, 2.05) is 48.5 Å². The summed E-state index contributed by atoms with van der Waals surface area (Å²) in [5, 5.41) is 9.09. The fraction of sp³-hybridized carbons (Fsp3) is 0.167. The van der Waals surface area contributed by atoms with Gasteiger partial charge < -0.3 is 0 Å². The summed E-state index contributed by atoms with van der Waals surface area (Å²) in [4.78, 5) is 1.60. The fourth-order valence-electron chi connectivity index (χ4n) is 1.88. The van der Waals surface area contributed by atoms with Gasteiger partial charge >= 0.3 is 0 Å². The highest BCUT2D eigenvalue weighted by Crippen LogP contribution is 2.07. The zero-order valence-corrected chi connectivity index (χ0v) is 11.5. The van der Waals surface area contributed by atoms with Crippen LogP contribution in [0.25, 0.3) is 0 Å². The minimum atomic E-state index is -0.109. The molecule has 0 bridgehead atoms. The van der Waals surface area contributed by atoms with Crippen LogP contribution >= 0.6 is 0 Å². The highest BCUT2D eigenvalue weighted by molar-refractivity contribution is 5.35. The van der Waals surface area contributed by atoms with Crippen molar-refractivity contribution in [3.05, 3.63) is 71.8 Å². The molecule has 0 radical (unpaired) electrons. The molecule has 0 N–H and O–H groups in total. The molecule has 98 valence electrons. The van der Waals surface area contributed by atoms with Gasteiger partial charge in [-0.05, 0) is 17.7 Å². The van der Waals surface area contributed by atoms with Crippen LogP contribution in [0.1, 0.15) is 11.1 Å². The summed E-state index contributed by atoms with van der Waals surface area (Å²) < 4.78 is 0. The first-order chi connectivity index (χ1) is 9.79. The van der Waals surface area contributed by atoms with Gasteiger partial charge in [-0.15, -0.1) is 0 Å². The van der Waals surface area contributed by atoms with Crippen LogP contribution in [0, 0.1) is 23.3 Å². The molecule has 2 aromatic carbocycles. The second kappa shape index (κ2) is 7.02. The lowest BCUT2D eigenvalue weighted by molar-refractivity contribution is 0.408. The predicted octanol–water partition coefficient (Wildman–Crippen LogP) is 3.06. The van der Waals surface area contributed by atoms with E-state index in [1.165, 1.54) is 5.56 Å². The lowest BCUT2D eigenvalue weighted by atomic mass is 10.1. The third-order valence-electron chi connectivity index (χ3n) is 3.05. The summed E-state index contributed by atoms with van der Waals surface area (Å²) in [5.41, 5.74) is 2.15. The van der Waals surface area contributed by atoms with Crippen molar-refractivity contribution >= 4 is 0 Å². The average molecular weight is 260 g/mol. The molecule has 0 spiro atoms. The number of nitrogens with zero attached hydrogens (tertiary/aromatic N) is 2. The Morgan fingerprint density at radius 2 is 1.60 bits per heavy atom. The van der Waals surface area contributed by atoms with Crippen LogP contribution in [-0.4, -0.2) is 18.0 Å². The van der Waals surface area contributed by atoms with E-state index in [9.17, 15) is 0 Å². The average Bonchev–Trinajstić information content (AvgIpc) is 2.52. The molecular weight excluding hydrogens is 244 g/mol. The molecule has 0 heterocycles. The highest BCUT2D eigenvalue weighted by Gasteiger charge is 2.11. The van der Waals surface area contributed by atoms with E-state index in [1.54, 1.807) is 11.9 Å². The Kier molecular flexibility index (Phi) is 4.81. The van der Waals surface area contributed by atoms with E-state index in [0.29, 0.717) is 0 Å². The van der Waals surface area contributed by atoms with Crippen LogP contribution in [0.3, 0.4) is 0 Å². The first-order valence-corrected chi connectivity index (χ1v) is 6.52. The largest absolute Gasteiger partial charge is 0.299 e. The molecule has 0 aliphatic carbocycles. The van der Waals surface area contributed by atoms with Gasteiger partial charge in [-0.1, -0.05) is 60.4 Å². The van der Waals surface area contributed by atoms with Crippen molar-refractivity contribution in [3.8, 4) is 18.0 Å². The fourth-order valence-corrected chi connectivity index (χ4v) is 1.88. The molecule has 2 rings (SSSR count). The van der Waals surface area contributed by atoms with Crippen LogP contribution in [0.4, 0.5) is 0 Å². The predicted molar refractivity (Wildman–Crippen MR) is 80.6 cm³/mol. The second-order valence-corrected chi connectivity index (χ2v) is 4.55. The Hall–Kier alpha value is -2.71. The van der Waals surface area contributed by atoms with Gasteiger partial charge in [0.2, 0.25) is 0 Å². The summed E-state index contributed by atoms with van der Waals surface area (Å²) in [6, 6.07) is 19.8. The lowest BCUT2D eigenvalue weighted by Gasteiger charge is -2.17. The molecule has 1 atom stereocenters. The molecular formula is C18H16N2. The van der Waals surface area contributed by atoms with Crippen molar-refractivity contribution in [1.82, 2.24) is 4.90 Å². The third kappa shape index (κ3) is 3.90. The van der Waals surface area contributed by atoms with E-state index in [2.05, 4.69) is 30.2 Å². The smallest absolute Gasteiger partial charge is 0.180 e. The van der Waals surface area contributed by atoms with Gasteiger partial charge in [0.15, 0.2) is 6.19 Å². The van der Waals surface area contributed by atoms with Crippen LogP contribution in [0.5, 0.6) is 0 Å². The van der Waals surface area contributed by atoms with Crippen molar-refractivity contribution < 1.29 is 0 Å². The Balaban J connectivity index is 2.17. The SMILES string of the molecule is CN(C#N)C(C#Cc1ccccc1)Cc1ccccc1. The van der Waals surface area contributed by atoms with Gasteiger partial charge in [0.1, 0.15) is 6.04 Å². The summed E-state index contributed by atoms with van der Waals surface area (Å²) in [6.07, 6.45) is 2.89. The Labute approximate surface area is 120 Å². The number of nitriles is 1. The van der Waals surface area contributed by atoms with Crippen LogP contribution in [0.2, 0.25) is 0 Å². The molecule has 0 aliphatic heterocycles. The summed E-state index contributed by atoms with van der Waals surface area (Å²) >= 11 is 0. The highest BCUT2D eigenvalue weighted by atomic mass is 15.1. The maximum atomic E-state index is 9.09. The third-order valence-corrected chi connectivity index (χ3v) is 3.05. The summed E-state index contributed by atoms with van der Waals surface area (Å²) in [7, 11) is 1.77. The van der Waals surface area contributed by atoms with Gasteiger partial charge in [0.25, 0.3) is 0 Å². The van der Waals surface area contributed by atoms with Crippen molar-refractivity contribution in [1.29, 1.82) is 5.26 Å². The zero-order chi connectivity index (χ0) is 14.2. The molecule has 2 heteroatoms. The van der Waals surface area contributed by atoms with E-state index in [0.717, 1.165) is 12.0 Å². The molecule has 0 aliphatic rings. The molecule has 1 unspecified atom stereocenters. The first kappa shape index (κ1) is 13.7. The van der Waals surface area contributed by atoms with Gasteiger partial charge in [-0.3, -0.25) is 4.90 Å². The summed E-state index contributed by atoms with van der Waals surface area (Å²) in [6.45, 7) is 0. The maximum absolute atomic E-state index is 9.09. The van der Waals surface area contributed by atoms with Crippen molar-refractivity contribution in [3.63, 3.8) is 0 Å². The number of hydrogen-bond acceptors (Lipinski definition) is 2. The molecule has 0 aromatic heterocycles. The van der Waals surface area contributed by atoms with Gasteiger partial charge in [0.05, 0.1) is 0 Å². The monoisotopic (exact) mass is 260 g/mol. The molecule has 20 heavy (non-hydrogen) atoms. The lowest BCUT2D eigenvalue weighted by Crippen LogP contribution is -2.28. The van der Waals surface area contributed by atoms with Gasteiger partial charge in [-0.2, -0.15) is 5.26 Å². The van der Waals surface area contributed by atoms with E-state index < -0.39 is 0 Å².